The maximum Gasteiger partial charge on any atom is 0.296 e. The third-order valence-electron chi connectivity index (χ3n) is 8.43. The quantitative estimate of drug-likeness (QED) is 0.0408. The summed E-state index contributed by atoms with van der Waals surface area (Å²) in [4.78, 5) is 16.0. The number of aromatic hydroxyl groups is 1. The second-order valence-electron chi connectivity index (χ2n) is 12.6. The summed E-state index contributed by atoms with van der Waals surface area (Å²) in [7, 11) is -13.7. The van der Waals surface area contributed by atoms with Gasteiger partial charge >= 0.3 is 0 Å². The van der Waals surface area contributed by atoms with Crippen LogP contribution in [0.5, 0.6) is 11.6 Å². The van der Waals surface area contributed by atoms with E-state index >= 15 is 0 Å². The van der Waals surface area contributed by atoms with Crippen LogP contribution in [-0.4, -0.2) is 71.7 Å². The van der Waals surface area contributed by atoms with Crippen LogP contribution in [0.2, 0.25) is 0 Å². The largest absolute Gasteiger partial charge is 0.493 e. The zero-order chi connectivity index (χ0) is 42.9. The first-order valence-electron chi connectivity index (χ1n) is 16.8. The Balaban J connectivity index is 1.37. The molecule has 4 aromatic carbocycles. The van der Waals surface area contributed by atoms with Crippen molar-refractivity contribution < 1.29 is 53.5 Å². The Bertz CT molecular complexity index is 3100. The fourth-order valence-corrected chi connectivity index (χ4v) is 7.24. The van der Waals surface area contributed by atoms with Gasteiger partial charge in [-0.2, -0.15) is 40.6 Å². The molecule has 0 fully saturated rings. The standard InChI is InChI=1S/C35H31N9O12S3/c1-19-16-27(42-43-32-20(2)31(33(36)45)34-37-24-6-3-4-7-28(24)44(34)35(32)46)29(56-14-5-15-57(47,48)49)18-26(19)41-40-25-13-10-22(17-30(25)59(53,54)55)39-38-21-8-11-23(12-9-21)58(50,51)52/h3-4,6-13,16-18,46H,5,14-15H2,1-2H3,(H2,36,45)(H,47,48,49)(H,50,51,52)(H,53,54,55). The van der Waals surface area contributed by atoms with Crippen LogP contribution in [0.25, 0.3) is 16.7 Å². The molecule has 2 heterocycles. The molecule has 2 aromatic heterocycles. The molecular weight excluding hydrogens is 835 g/mol. The van der Waals surface area contributed by atoms with Crippen molar-refractivity contribution >= 4 is 87.1 Å². The van der Waals surface area contributed by atoms with Crippen molar-refractivity contribution in [2.75, 3.05) is 12.4 Å². The first-order chi connectivity index (χ1) is 27.7. The van der Waals surface area contributed by atoms with Crippen molar-refractivity contribution in [3.05, 3.63) is 95.6 Å². The minimum absolute atomic E-state index is 0.0185. The van der Waals surface area contributed by atoms with E-state index in [1.54, 1.807) is 31.2 Å². The molecule has 21 nitrogen and oxygen atoms in total. The Morgan fingerprint density at radius 3 is 2.07 bits per heavy atom. The zero-order valence-corrected chi connectivity index (χ0v) is 33.0. The number of fused-ring (bicyclic) bond motifs is 3. The highest BCUT2D eigenvalue weighted by molar-refractivity contribution is 7.86. The molecular formula is C35H31N9O12S3. The van der Waals surface area contributed by atoms with Crippen molar-refractivity contribution in [3.8, 4) is 11.6 Å². The predicted octanol–water partition coefficient (Wildman–Crippen LogP) is 7.31. The van der Waals surface area contributed by atoms with Crippen molar-refractivity contribution in [2.45, 2.75) is 30.1 Å². The molecule has 306 valence electrons. The summed E-state index contributed by atoms with van der Waals surface area (Å²) < 4.78 is 105. The first-order valence-corrected chi connectivity index (χ1v) is 21.3. The average Bonchev–Trinajstić information content (AvgIpc) is 3.54. The summed E-state index contributed by atoms with van der Waals surface area (Å²) >= 11 is 0. The molecule has 59 heavy (non-hydrogen) atoms. The number of benzene rings is 4. The van der Waals surface area contributed by atoms with Gasteiger partial charge in [0, 0.05) is 6.07 Å². The number of nitrogens with two attached hydrogens (primary N) is 1. The molecule has 0 unspecified atom stereocenters. The van der Waals surface area contributed by atoms with Gasteiger partial charge in [-0.25, -0.2) is 4.98 Å². The van der Waals surface area contributed by atoms with Crippen LogP contribution in [0.3, 0.4) is 0 Å². The van der Waals surface area contributed by atoms with E-state index in [-0.39, 0.29) is 74.6 Å². The second kappa shape index (κ2) is 16.4. The Kier molecular flexibility index (Phi) is 11.7. The molecule has 0 bridgehead atoms. The molecule has 0 aliphatic heterocycles. The van der Waals surface area contributed by atoms with Crippen molar-refractivity contribution in [1.82, 2.24) is 9.38 Å². The van der Waals surface area contributed by atoms with Gasteiger partial charge in [0.1, 0.15) is 27.7 Å². The van der Waals surface area contributed by atoms with Crippen molar-refractivity contribution in [1.29, 1.82) is 0 Å². The zero-order valence-electron chi connectivity index (χ0n) is 30.6. The van der Waals surface area contributed by atoms with E-state index in [0.29, 0.717) is 16.6 Å². The second-order valence-corrected chi connectivity index (χ2v) is 17.0. The number of ether oxygens (including phenoxy) is 1. The molecule has 0 radical (unpaired) electrons. The highest BCUT2D eigenvalue weighted by atomic mass is 32.2. The SMILES string of the molecule is Cc1cc(N=Nc2c(C)c(C(N)=O)c3nc4ccccc4n3c2O)c(OCCCS(=O)(=O)O)cc1N=Nc1ccc(N=Nc2ccc(S(=O)(=O)O)cc2)cc1S(=O)(=O)O. The molecule has 0 saturated heterocycles. The number of para-hydroxylation sites is 2. The van der Waals surface area contributed by atoms with Crippen LogP contribution < -0.4 is 10.5 Å². The molecule has 1 amide bonds. The van der Waals surface area contributed by atoms with E-state index in [1.807, 2.05) is 0 Å². The molecule has 6 aromatic rings. The Hall–Kier alpha value is -6.57. The van der Waals surface area contributed by atoms with Crippen LogP contribution in [0, 0.1) is 13.8 Å². The Morgan fingerprint density at radius 2 is 1.41 bits per heavy atom. The van der Waals surface area contributed by atoms with Crippen LogP contribution >= 0.6 is 0 Å². The summed E-state index contributed by atoms with van der Waals surface area (Å²) in [5.74, 6) is -1.91. The van der Waals surface area contributed by atoms with E-state index in [9.17, 15) is 44.3 Å². The number of carbonyl (C=O) groups is 1. The lowest BCUT2D eigenvalue weighted by Gasteiger charge is -2.12. The van der Waals surface area contributed by atoms with Crippen LogP contribution in [0.1, 0.15) is 27.9 Å². The first kappa shape index (κ1) is 42.0. The number of aryl methyl sites for hydroxylation is 1. The van der Waals surface area contributed by atoms with E-state index in [0.717, 1.165) is 18.2 Å². The number of hydrogen-bond donors (Lipinski definition) is 5. The van der Waals surface area contributed by atoms with Gasteiger partial charge in [0.15, 0.2) is 5.65 Å². The van der Waals surface area contributed by atoms with E-state index in [2.05, 4.69) is 35.7 Å². The number of primary amides is 1. The van der Waals surface area contributed by atoms with Gasteiger partial charge in [-0.3, -0.25) is 22.9 Å². The molecule has 0 aliphatic rings. The highest BCUT2D eigenvalue weighted by Crippen LogP contribution is 2.41. The lowest BCUT2D eigenvalue weighted by molar-refractivity contribution is 0.100. The molecule has 0 spiro atoms. The third kappa shape index (κ3) is 9.60. The average molecular weight is 866 g/mol. The van der Waals surface area contributed by atoms with Gasteiger partial charge in [-0.15, -0.1) is 15.3 Å². The molecule has 0 atom stereocenters. The fraction of sp³-hybridized carbons (Fsp3) is 0.143. The van der Waals surface area contributed by atoms with Gasteiger partial charge < -0.3 is 15.6 Å². The lowest BCUT2D eigenvalue weighted by Crippen LogP contribution is -2.15. The molecule has 6 N–H and O–H groups in total. The Morgan fingerprint density at radius 1 is 0.763 bits per heavy atom. The van der Waals surface area contributed by atoms with Crippen molar-refractivity contribution in [3.63, 3.8) is 0 Å². The topological polar surface area (TPSA) is 327 Å². The number of imidazole rings is 1. The fourth-order valence-electron chi connectivity index (χ4n) is 5.64. The summed E-state index contributed by atoms with van der Waals surface area (Å²) in [6.07, 6.45) is -0.149. The van der Waals surface area contributed by atoms with E-state index < -0.39 is 52.8 Å². The maximum atomic E-state index is 12.6. The van der Waals surface area contributed by atoms with Gasteiger partial charge in [-0.05, 0) is 92.1 Å². The number of hydrogen-bond acceptors (Lipinski definition) is 16. The van der Waals surface area contributed by atoms with E-state index in [1.165, 1.54) is 47.7 Å². The lowest BCUT2D eigenvalue weighted by atomic mass is 10.1. The monoisotopic (exact) mass is 865 g/mol. The number of carbonyl (C=O) groups excluding carboxylic acids is 1. The van der Waals surface area contributed by atoms with Crippen LogP contribution in [0.4, 0.5) is 34.1 Å². The normalized spacial score (nSPS) is 12.8. The summed E-state index contributed by atoms with van der Waals surface area (Å²) in [6.45, 7) is 2.83. The predicted molar refractivity (Wildman–Crippen MR) is 210 cm³/mol. The van der Waals surface area contributed by atoms with Gasteiger partial charge in [-0.1, -0.05) is 12.1 Å². The third-order valence-corrected chi connectivity index (χ3v) is 11.0. The summed E-state index contributed by atoms with van der Waals surface area (Å²) in [6, 6.07) is 17.7. The molecule has 24 heteroatoms. The Labute approximate surface area is 334 Å². The van der Waals surface area contributed by atoms with Gasteiger partial charge in [0.05, 0.1) is 50.9 Å². The van der Waals surface area contributed by atoms with Gasteiger partial charge in [0.25, 0.3) is 36.3 Å². The molecule has 0 saturated carbocycles. The number of nitrogens with zero attached hydrogens (tertiary/aromatic N) is 8. The van der Waals surface area contributed by atoms with E-state index in [4.69, 9.17) is 15.0 Å². The summed E-state index contributed by atoms with van der Waals surface area (Å²) in [5, 5.41) is 35.9. The minimum Gasteiger partial charge on any atom is -0.493 e. The number of pyridine rings is 1. The van der Waals surface area contributed by atoms with Crippen LogP contribution in [0.15, 0.2) is 119 Å². The highest BCUT2D eigenvalue weighted by Gasteiger charge is 2.24. The molecule has 0 aliphatic carbocycles. The maximum absolute atomic E-state index is 12.6. The smallest absolute Gasteiger partial charge is 0.296 e. The minimum atomic E-state index is -4.92. The number of aromatic nitrogens is 2. The van der Waals surface area contributed by atoms with Crippen LogP contribution in [-0.2, 0) is 30.4 Å². The number of rotatable bonds is 14. The molecule has 6 rings (SSSR count). The number of azo groups is 3. The van der Waals surface area contributed by atoms with Crippen molar-refractivity contribution in [2.24, 2.45) is 36.4 Å². The number of amides is 1. The summed E-state index contributed by atoms with van der Waals surface area (Å²) in [5.41, 5.74) is 7.04. The van der Waals surface area contributed by atoms with Gasteiger partial charge in [0.2, 0.25) is 5.88 Å².